The van der Waals surface area contributed by atoms with Gasteiger partial charge in [-0.3, -0.25) is 9.48 Å². The maximum atomic E-state index is 14.1. The Bertz CT molecular complexity index is 1010. The van der Waals surface area contributed by atoms with Crippen LogP contribution < -0.4 is 5.32 Å². The lowest BCUT2D eigenvalue weighted by Gasteiger charge is -2.23. The lowest BCUT2D eigenvalue weighted by atomic mass is 9.93. The number of hydrogen-bond acceptors (Lipinski definition) is 7. The lowest BCUT2D eigenvalue weighted by molar-refractivity contribution is -0.137. The molecular formula is C21H24F3N3O6. The molecule has 2 aromatic heterocycles. The van der Waals surface area contributed by atoms with Gasteiger partial charge in [0.15, 0.2) is 0 Å². The van der Waals surface area contributed by atoms with E-state index in [0.29, 0.717) is 51.6 Å². The summed E-state index contributed by atoms with van der Waals surface area (Å²) in [5, 5.41) is 6.89. The molecule has 0 aromatic carbocycles. The van der Waals surface area contributed by atoms with Crippen molar-refractivity contribution < 1.29 is 41.3 Å². The number of rotatable bonds is 5. The Kier molecular flexibility index (Phi) is 6.16. The minimum atomic E-state index is -4.80. The monoisotopic (exact) mass is 471 g/mol. The zero-order chi connectivity index (χ0) is 23.0. The van der Waals surface area contributed by atoms with Gasteiger partial charge in [0, 0.05) is 19.2 Å². The predicted octanol–water partition coefficient (Wildman–Crippen LogP) is 1.82. The van der Waals surface area contributed by atoms with Crippen molar-refractivity contribution in [3.05, 3.63) is 28.8 Å². The SMILES string of the molecule is O=C(NC[C@H]1COCCO1)c1oc2c(c1C(F)(F)F)-c1nn(C[C@@H]3COCCO3)cc1CC2. The first kappa shape index (κ1) is 22.4. The second kappa shape index (κ2) is 9.09. The average Bonchev–Trinajstić information content (AvgIpc) is 3.39. The highest BCUT2D eigenvalue weighted by atomic mass is 19.4. The van der Waals surface area contributed by atoms with Crippen molar-refractivity contribution in [3.8, 4) is 11.3 Å². The van der Waals surface area contributed by atoms with Gasteiger partial charge in [-0.15, -0.1) is 0 Å². The molecule has 3 aliphatic rings. The maximum Gasteiger partial charge on any atom is 0.420 e. The zero-order valence-electron chi connectivity index (χ0n) is 17.8. The first-order valence-electron chi connectivity index (χ1n) is 10.9. The van der Waals surface area contributed by atoms with Crippen LogP contribution in [0.15, 0.2) is 10.6 Å². The van der Waals surface area contributed by atoms with E-state index in [1.54, 1.807) is 10.9 Å². The molecule has 2 fully saturated rings. The highest BCUT2D eigenvalue weighted by Gasteiger charge is 2.45. The van der Waals surface area contributed by atoms with E-state index < -0.39 is 29.5 Å². The van der Waals surface area contributed by atoms with E-state index in [9.17, 15) is 18.0 Å². The number of nitrogens with zero attached hydrogens (tertiary/aromatic N) is 2. The van der Waals surface area contributed by atoms with Gasteiger partial charge >= 0.3 is 6.18 Å². The van der Waals surface area contributed by atoms with Crippen LogP contribution in [0.5, 0.6) is 0 Å². The topological polar surface area (TPSA) is 97.0 Å². The fourth-order valence-electron chi connectivity index (χ4n) is 4.32. The average molecular weight is 471 g/mol. The number of alkyl halides is 3. The number of ether oxygens (including phenoxy) is 4. The van der Waals surface area contributed by atoms with Gasteiger partial charge in [0.25, 0.3) is 5.91 Å². The maximum absolute atomic E-state index is 14.1. The van der Waals surface area contributed by atoms with Crippen LogP contribution in [0.1, 0.15) is 27.4 Å². The Labute approximate surface area is 187 Å². The summed E-state index contributed by atoms with van der Waals surface area (Å²) in [6.45, 7) is 2.84. The summed E-state index contributed by atoms with van der Waals surface area (Å²) < 4.78 is 71.2. The van der Waals surface area contributed by atoms with Crippen molar-refractivity contribution in [2.24, 2.45) is 0 Å². The Hall–Kier alpha value is -2.41. The van der Waals surface area contributed by atoms with Crippen molar-refractivity contribution in [2.75, 3.05) is 46.2 Å². The number of carbonyl (C=O) groups excluding carboxylic acids is 1. The molecule has 33 heavy (non-hydrogen) atoms. The Balaban J connectivity index is 1.42. The van der Waals surface area contributed by atoms with E-state index in [-0.39, 0.29) is 42.7 Å². The predicted molar refractivity (Wildman–Crippen MR) is 106 cm³/mol. The number of aryl methyl sites for hydroxylation is 2. The van der Waals surface area contributed by atoms with Crippen LogP contribution in [0.4, 0.5) is 13.2 Å². The van der Waals surface area contributed by atoms with Gasteiger partial charge in [-0.05, 0) is 12.0 Å². The van der Waals surface area contributed by atoms with Crippen LogP contribution in [-0.4, -0.2) is 74.1 Å². The third-order valence-corrected chi connectivity index (χ3v) is 5.82. The van der Waals surface area contributed by atoms with Gasteiger partial charge in [0.1, 0.15) is 17.4 Å². The third kappa shape index (κ3) is 4.65. The van der Waals surface area contributed by atoms with E-state index in [0.717, 1.165) is 0 Å². The minimum absolute atomic E-state index is 0.0187. The largest absolute Gasteiger partial charge is 0.455 e. The van der Waals surface area contributed by atoms with Gasteiger partial charge in [0.05, 0.1) is 63.5 Å². The summed E-state index contributed by atoms with van der Waals surface area (Å²) in [5.41, 5.74) is -0.401. The second-order valence-electron chi connectivity index (χ2n) is 8.17. The molecule has 2 aromatic rings. The Morgan fingerprint density at radius 3 is 2.48 bits per heavy atom. The number of furan rings is 1. The van der Waals surface area contributed by atoms with E-state index in [4.69, 9.17) is 23.4 Å². The normalized spacial score (nSPS) is 23.1. The standard InChI is InChI=1S/C21H24F3N3O6/c22-21(23,24)17-16-15(33-19(17)20(28)25-7-13-10-29-3-5-31-13)2-1-12-8-27(26-18(12)16)9-14-11-30-4-6-32-14/h8,13-14H,1-7,9-11H2,(H,25,28)/t13-,14+/m0/s1. The fourth-order valence-corrected chi connectivity index (χ4v) is 4.32. The first-order chi connectivity index (χ1) is 15.9. The highest BCUT2D eigenvalue weighted by Crippen LogP contribution is 2.46. The van der Waals surface area contributed by atoms with Crippen LogP contribution in [0.3, 0.4) is 0 Å². The van der Waals surface area contributed by atoms with Crippen LogP contribution in [-0.2, 0) is 44.5 Å². The molecule has 5 rings (SSSR count). The van der Waals surface area contributed by atoms with Crippen molar-refractivity contribution >= 4 is 5.91 Å². The van der Waals surface area contributed by atoms with Crippen molar-refractivity contribution in [1.29, 1.82) is 0 Å². The smallest absolute Gasteiger partial charge is 0.420 e. The minimum Gasteiger partial charge on any atom is -0.455 e. The number of halogens is 3. The summed E-state index contributed by atoms with van der Waals surface area (Å²) >= 11 is 0. The van der Waals surface area contributed by atoms with Crippen molar-refractivity contribution in [1.82, 2.24) is 15.1 Å². The highest BCUT2D eigenvalue weighted by molar-refractivity contribution is 5.96. The Morgan fingerprint density at radius 1 is 1.09 bits per heavy atom. The molecule has 9 nitrogen and oxygen atoms in total. The van der Waals surface area contributed by atoms with Crippen LogP contribution in [0.2, 0.25) is 0 Å². The molecule has 12 heteroatoms. The van der Waals surface area contributed by atoms with E-state index in [1.165, 1.54) is 0 Å². The first-order valence-corrected chi connectivity index (χ1v) is 10.9. The molecule has 1 aliphatic carbocycles. The van der Waals surface area contributed by atoms with Crippen LogP contribution in [0, 0.1) is 0 Å². The summed E-state index contributed by atoms with van der Waals surface area (Å²) in [4.78, 5) is 12.7. The fraction of sp³-hybridized carbons (Fsp3) is 0.619. The quantitative estimate of drug-likeness (QED) is 0.711. The lowest BCUT2D eigenvalue weighted by Crippen LogP contribution is -2.40. The Morgan fingerprint density at radius 2 is 1.82 bits per heavy atom. The van der Waals surface area contributed by atoms with Gasteiger partial charge in [-0.2, -0.15) is 18.3 Å². The molecule has 180 valence electrons. The van der Waals surface area contributed by atoms with Crippen molar-refractivity contribution in [3.63, 3.8) is 0 Å². The molecule has 2 aliphatic heterocycles. The van der Waals surface area contributed by atoms with E-state index >= 15 is 0 Å². The molecule has 1 N–H and O–H groups in total. The zero-order valence-corrected chi connectivity index (χ0v) is 17.8. The summed E-state index contributed by atoms with van der Waals surface area (Å²) in [6, 6.07) is 0. The van der Waals surface area contributed by atoms with Crippen LogP contribution >= 0.6 is 0 Å². The molecule has 2 atom stereocenters. The summed E-state index contributed by atoms with van der Waals surface area (Å²) in [7, 11) is 0. The summed E-state index contributed by atoms with van der Waals surface area (Å²) in [6.07, 6.45) is -3.01. The molecule has 0 spiro atoms. The molecule has 0 bridgehead atoms. The van der Waals surface area contributed by atoms with Gasteiger partial charge in [-0.25, -0.2) is 0 Å². The number of aromatic nitrogens is 2. The van der Waals surface area contributed by atoms with Gasteiger partial charge in [0.2, 0.25) is 5.76 Å². The van der Waals surface area contributed by atoms with E-state index in [2.05, 4.69) is 10.4 Å². The molecule has 0 unspecified atom stereocenters. The number of amides is 1. The third-order valence-electron chi connectivity index (χ3n) is 5.82. The van der Waals surface area contributed by atoms with Crippen molar-refractivity contribution in [2.45, 2.75) is 37.8 Å². The van der Waals surface area contributed by atoms with E-state index in [1.807, 2.05) is 0 Å². The van der Waals surface area contributed by atoms with Gasteiger partial charge in [-0.1, -0.05) is 0 Å². The number of fused-ring (bicyclic) bond motifs is 3. The summed E-state index contributed by atoms with van der Waals surface area (Å²) in [5.74, 6) is -1.59. The molecule has 0 radical (unpaired) electrons. The molecule has 0 saturated carbocycles. The van der Waals surface area contributed by atoms with Gasteiger partial charge < -0.3 is 28.7 Å². The number of hydrogen-bond donors (Lipinski definition) is 1. The molecule has 1 amide bonds. The van der Waals surface area contributed by atoms with Crippen LogP contribution in [0.25, 0.3) is 11.3 Å². The molecule has 4 heterocycles. The number of nitrogens with one attached hydrogen (secondary N) is 1. The molecule has 2 saturated heterocycles. The number of carbonyl (C=O) groups is 1. The molecular weight excluding hydrogens is 447 g/mol. The second-order valence-corrected chi connectivity index (χ2v) is 8.17.